The van der Waals surface area contributed by atoms with E-state index in [4.69, 9.17) is 18.9 Å². The molecule has 0 saturated heterocycles. The molecule has 38 heavy (non-hydrogen) atoms. The Balaban J connectivity index is 1.23. The number of hydrogen-bond donors (Lipinski definition) is 1. The van der Waals surface area contributed by atoms with Gasteiger partial charge in [0.2, 0.25) is 0 Å². The molecule has 0 atom stereocenters. The van der Waals surface area contributed by atoms with Crippen LogP contribution in [0.25, 0.3) is 11.1 Å². The normalized spacial score (nSPS) is 10.6. The van der Waals surface area contributed by atoms with E-state index in [0.717, 1.165) is 11.1 Å². The number of benzene rings is 4. The third-order valence-corrected chi connectivity index (χ3v) is 5.44. The molecule has 0 heterocycles. The summed E-state index contributed by atoms with van der Waals surface area (Å²) in [5.74, 6) is 0.966. The highest BCUT2D eigenvalue weighted by molar-refractivity contribution is 5.92. The van der Waals surface area contributed by atoms with Crippen molar-refractivity contribution in [3.05, 3.63) is 108 Å². The number of methoxy groups -OCH3 is 2. The van der Waals surface area contributed by atoms with E-state index in [-0.39, 0.29) is 6.61 Å². The van der Waals surface area contributed by atoms with Crippen LogP contribution in [-0.2, 0) is 4.79 Å². The summed E-state index contributed by atoms with van der Waals surface area (Å²) in [6.45, 7) is -0.174. The predicted molar refractivity (Wildman–Crippen MR) is 144 cm³/mol. The topological polar surface area (TPSA) is 95.5 Å². The predicted octanol–water partition coefficient (Wildman–Crippen LogP) is 5.12. The lowest BCUT2D eigenvalue weighted by Crippen LogP contribution is -2.24. The van der Waals surface area contributed by atoms with Crippen LogP contribution < -0.4 is 24.4 Å². The Hall–Kier alpha value is -5.11. The number of carbonyl (C=O) groups excluding carboxylic acids is 2. The van der Waals surface area contributed by atoms with Crippen molar-refractivity contribution >= 4 is 18.1 Å². The number of hydrazone groups is 1. The second-order valence-corrected chi connectivity index (χ2v) is 8.00. The Morgan fingerprint density at radius 3 is 2.11 bits per heavy atom. The third kappa shape index (κ3) is 6.98. The van der Waals surface area contributed by atoms with Gasteiger partial charge >= 0.3 is 5.97 Å². The van der Waals surface area contributed by atoms with Crippen molar-refractivity contribution in [3.63, 3.8) is 0 Å². The highest BCUT2D eigenvalue weighted by Crippen LogP contribution is 2.28. The lowest BCUT2D eigenvalue weighted by atomic mass is 10.1. The third-order valence-electron chi connectivity index (χ3n) is 5.44. The standard InChI is InChI=1S/C30H26N2O6/c1-35-27-17-12-24(18-28(27)36-2)30(34)38-26-13-8-21(9-14-26)19-31-32-29(33)20-37-25-15-10-23(11-16-25)22-6-4-3-5-7-22/h3-19H,20H2,1-2H3,(H,32,33)/b31-19-. The lowest BCUT2D eigenvalue weighted by molar-refractivity contribution is -0.123. The second kappa shape index (κ2) is 12.7. The first-order chi connectivity index (χ1) is 18.6. The van der Waals surface area contributed by atoms with E-state index in [2.05, 4.69) is 10.5 Å². The first kappa shape index (κ1) is 26.0. The van der Waals surface area contributed by atoms with Gasteiger partial charge in [-0.15, -0.1) is 0 Å². The molecule has 4 aromatic rings. The number of hydrogen-bond acceptors (Lipinski definition) is 7. The molecule has 0 radical (unpaired) electrons. The van der Waals surface area contributed by atoms with Crippen molar-refractivity contribution in [3.8, 4) is 34.1 Å². The fourth-order valence-electron chi connectivity index (χ4n) is 3.49. The molecule has 1 amide bonds. The van der Waals surface area contributed by atoms with E-state index >= 15 is 0 Å². The van der Waals surface area contributed by atoms with Crippen molar-refractivity contribution < 1.29 is 28.5 Å². The van der Waals surface area contributed by atoms with Gasteiger partial charge in [0.1, 0.15) is 11.5 Å². The molecule has 0 saturated carbocycles. The Morgan fingerprint density at radius 2 is 1.42 bits per heavy atom. The molecular formula is C30H26N2O6. The first-order valence-corrected chi connectivity index (χ1v) is 11.7. The van der Waals surface area contributed by atoms with Crippen molar-refractivity contribution in [2.24, 2.45) is 5.10 Å². The van der Waals surface area contributed by atoms with Gasteiger partial charge in [0.15, 0.2) is 18.1 Å². The summed E-state index contributed by atoms with van der Waals surface area (Å²) in [4.78, 5) is 24.5. The Kier molecular flexibility index (Phi) is 8.70. The average molecular weight is 511 g/mol. The fourth-order valence-corrected chi connectivity index (χ4v) is 3.49. The minimum absolute atomic E-state index is 0.174. The summed E-state index contributed by atoms with van der Waals surface area (Å²) in [7, 11) is 3.01. The molecule has 4 rings (SSSR count). The van der Waals surface area contributed by atoms with Crippen LogP contribution in [0.3, 0.4) is 0 Å². The zero-order valence-corrected chi connectivity index (χ0v) is 20.9. The summed E-state index contributed by atoms with van der Waals surface area (Å²) < 4.78 is 21.3. The van der Waals surface area contributed by atoms with Crippen LogP contribution in [0.1, 0.15) is 15.9 Å². The van der Waals surface area contributed by atoms with Gasteiger partial charge in [-0.2, -0.15) is 5.10 Å². The van der Waals surface area contributed by atoms with Crippen LogP contribution in [0.4, 0.5) is 0 Å². The van der Waals surface area contributed by atoms with Crippen molar-refractivity contribution in [1.82, 2.24) is 5.43 Å². The number of ether oxygens (including phenoxy) is 4. The summed E-state index contributed by atoms with van der Waals surface area (Å²) in [5, 5.41) is 3.94. The van der Waals surface area contributed by atoms with Crippen LogP contribution in [0.5, 0.6) is 23.0 Å². The van der Waals surface area contributed by atoms with Crippen LogP contribution in [-0.4, -0.2) is 38.9 Å². The lowest BCUT2D eigenvalue weighted by Gasteiger charge is -2.09. The monoisotopic (exact) mass is 510 g/mol. The first-order valence-electron chi connectivity index (χ1n) is 11.7. The average Bonchev–Trinajstić information content (AvgIpc) is 2.97. The Morgan fingerprint density at radius 1 is 0.763 bits per heavy atom. The van der Waals surface area contributed by atoms with Crippen LogP contribution in [0.15, 0.2) is 102 Å². The molecule has 8 nitrogen and oxygen atoms in total. The summed E-state index contributed by atoms with van der Waals surface area (Å²) in [6, 6.07) is 29.0. The SMILES string of the molecule is COc1ccc(C(=O)Oc2ccc(/C=N\NC(=O)COc3ccc(-c4ccccc4)cc3)cc2)cc1OC. The molecule has 0 unspecified atom stereocenters. The molecular weight excluding hydrogens is 484 g/mol. The number of nitrogens with zero attached hydrogens (tertiary/aromatic N) is 1. The summed E-state index contributed by atoms with van der Waals surface area (Å²) >= 11 is 0. The highest BCUT2D eigenvalue weighted by Gasteiger charge is 2.13. The molecule has 0 aliphatic heterocycles. The van der Waals surface area contributed by atoms with Gasteiger partial charge in [-0.25, -0.2) is 10.2 Å². The summed E-state index contributed by atoms with van der Waals surface area (Å²) in [6.07, 6.45) is 1.48. The van der Waals surface area contributed by atoms with E-state index in [0.29, 0.717) is 34.1 Å². The second-order valence-electron chi connectivity index (χ2n) is 8.00. The zero-order valence-electron chi connectivity index (χ0n) is 20.9. The van der Waals surface area contributed by atoms with Gasteiger partial charge in [0.05, 0.1) is 26.0 Å². The molecule has 0 bridgehead atoms. The number of amides is 1. The molecule has 1 N–H and O–H groups in total. The number of nitrogens with one attached hydrogen (secondary N) is 1. The maximum Gasteiger partial charge on any atom is 0.343 e. The number of rotatable bonds is 10. The summed E-state index contributed by atoms with van der Waals surface area (Å²) in [5.41, 5.74) is 5.62. The molecule has 0 aromatic heterocycles. The zero-order chi connectivity index (χ0) is 26.7. The van der Waals surface area contributed by atoms with Gasteiger partial charge in [0.25, 0.3) is 5.91 Å². The minimum atomic E-state index is -0.533. The molecule has 0 aliphatic carbocycles. The molecule has 192 valence electrons. The van der Waals surface area contributed by atoms with Gasteiger partial charge in [-0.1, -0.05) is 42.5 Å². The fraction of sp³-hybridized carbons (Fsp3) is 0.100. The molecule has 0 aliphatic rings. The van der Waals surface area contributed by atoms with E-state index in [9.17, 15) is 9.59 Å². The van der Waals surface area contributed by atoms with E-state index < -0.39 is 11.9 Å². The Bertz CT molecular complexity index is 1400. The molecule has 4 aromatic carbocycles. The van der Waals surface area contributed by atoms with Gasteiger partial charge in [-0.05, 0) is 71.3 Å². The molecule has 8 heteroatoms. The largest absolute Gasteiger partial charge is 0.493 e. The van der Waals surface area contributed by atoms with Crippen LogP contribution >= 0.6 is 0 Å². The van der Waals surface area contributed by atoms with Gasteiger partial charge < -0.3 is 18.9 Å². The number of carbonyl (C=O) groups is 2. The van der Waals surface area contributed by atoms with E-state index in [1.54, 1.807) is 42.5 Å². The van der Waals surface area contributed by atoms with E-state index in [1.807, 2.05) is 54.6 Å². The van der Waals surface area contributed by atoms with Crippen LogP contribution in [0, 0.1) is 0 Å². The Labute approximate surface area is 220 Å². The minimum Gasteiger partial charge on any atom is -0.493 e. The van der Waals surface area contributed by atoms with Crippen LogP contribution in [0.2, 0.25) is 0 Å². The van der Waals surface area contributed by atoms with Crippen molar-refractivity contribution in [1.29, 1.82) is 0 Å². The maximum absolute atomic E-state index is 12.5. The van der Waals surface area contributed by atoms with E-state index in [1.165, 1.54) is 20.4 Å². The molecule has 0 spiro atoms. The van der Waals surface area contributed by atoms with Crippen molar-refractivity contribution in [2.45, 2.75) is 0 Å². The quantitative estimate of drug-likeness (QED) is 0.138. The van der Waals surface area contributed by atoms with Gasteiger partial charge in [0, 0.05) is 0 Å². The highest BCUT2D eigenvalue weighted by atomic mass is 16.5. The smallest absolute Gasteiger partial charge is 0.343 e. The maximum atomic E-state index is 12.5. The van der Waals surface area contributed by atoms with Gasteiger partial charge in [-0.3, -0.25) is 4.79 Å². The molecule has 0 fully saturated rings. The van der Waals surface area contributed by atoms with Crippen molar-refractivity contribution in [2.75, 3.05) is 20.8 Å². The number of esters is 1.